The number of amides is 1. The van der Waals surface area contributed by atoms with Crippen LogP contribution in [0.2, 0.25) is 0 Å². The van der Waals surface area contributed by atoms with Gasteiger partial charge in [-0.05, 0) is 44.9 Å². The molecule has 0 saturated carbocycles. The van der Waals surface area contributed by atoms with E-state index in [4.69, 9.17) is 14.7 Å². The lowest BCUT2D eigenvalue weighted by atomic mass is 9.89. The minimum atomic E-state index is -0.574. The molecule has 1 aromatic rings. The number of rotatable bonds is 1. The molecule has 2 atom stereocenters. The number of carbonyl (C=O) groups is 1. The molecule has 0 radical (unpaired) electrons. The lowest BCUT2D eigenvalue weighted by molar-refractivity contribution is -0.0510. The Hall–Kier alpha value is -2.39. The number of benzene rings is 1. The molecule has 2 aliphatic rings. The summed E-state index contributed by atoms with van der Waals surface area (Å²) in [5, 5.41) is 8.88. The van der Waals surface area contributed by atoms with Crippen LogP contribution in [0.3, 0.4) is 0 Å². The third-order valence-corrected chi connectivity index (χ3v) is 4.25. The van der Waals surface area contributed by atoms with Crippen molar-refractivity contribution in [2.24, 2.45) is 0 Å². The van der Waals surface area contributed by atoms with E-state index in [-0.39, 0.29) is 23.7 Å². The maximum absolute atomic E-state index is 14.3. The van der Waals surface area contributed by atoms with Crippen molar-refractivity contribution < 1.29 is 18.7 Å². The fourth-order valence-corrected chi connectivity index (χ4v) is 3.24. The average molecular weight is 344 g/mol. The summed E-state index contributed by atoms with van der Waals surface area (Å²) in [5.74, 6) is -0.421. The predicted octanol–water partition coefficient (Wildman–Crippen LogP) is 3.49. The molecule has 0 N–H and O–H groups in total. The fourth-order valence-electron chi connectivity index (χ4n) is 3.24. The summed E-state index contributed by atoms with van der Waals surface area (Å²) in [4.78, 5) is 14.2. The number of carbonyl (C=O) groups excluding carboxylic acids is 1. The zero-order chi connectivity index (χ0) is 18.2. The van der Waals surface area contributed by atoms with Crippen LogP contribution in [0.4, 0.5) is 9.18 Å². The Morgan fingerprint density at radius 1 is 1.40 bits per heavy atom. The van der Waals surface area contributed by atoms with E-state index in [1.54, 1.807) is 17.0 Å². The lowest BCUT2D eigenvalue weighted by Crippen LogP contribution is -2.57. The highest BCUT2D eigenvalue weighted by Crippen LogP contribution is 2.34. The standard InChI is InChI=1S/C19H21FN2O3/c1-19(2,3)25-18(23)22-14-7-13(8-15(22)11-24-10-14)16-5-4-12(9-21)6-17(16)20/h4-7,14-15H,8,10-11H2,1-3H3. The van der Waals surface area contributed by atoms with Crippen molar-refractivity contribution in [2.75, 3.05) is 13.2 Å². The number of nitrogens with zero attached hydrogens (tertiary/aromatic N) is 2. The van der Waals surface area contributed by atoms with E-state index in [9.17, 15) is 9.18 Å². The monoisotopic (exact) mass is 344 g/mol. The zero-order valence-electron chi connectivity index (χ0n) is 14.6. The van der Waals surface area contributed by atoms with Crippen LogP contribution in [-0.4, -0.2) is 41.9 Å². The molecule has 2 bridgehead atoms. The second-order valence-electron chi connectivity index (χ2n) is 7.35. The van der Waals surface area contributed by atoms with E-state index in [1.807, 2.05) is 32.9 Å². The molecule has 5 nitrogen and oxygen atoms in total. The van der Waals surface area contributed by atoms with Crippen LogP contribution in [-0.2, 0) is 9.47 Å². The summed E-state index contributed by atoms with van der Waals surface area (Å²) >= 11 is 0. The largest absolute Gasteiger partial charge is 0.444 e. The first kappa shape index (κ1) is 17.4. The Morgan fingerprint density at radius 3 is 2.76 bits per heavy atom. The van der Waals surface area contributed by atoms with E-state index in [0.29, 0.717) is 25.2 Å². The molecule has 25 heavy (non-hydrogen) atoms. The summed E-state index contributed by atoms with van der Waals surface area (Å²) in [6.45, 7) is 6.24. The highest BCUT2D eigenvalue weighted by atomic mass is 19.1. The van der Waals surface area contributed by atoms with Crippen LogP contribution in [0.15, 0.2) is 24.3 Å². The highest BCUT2D eigenvalue weighted by Gasteiger charge is 2.40. The van der Waals surface area contributed by atoms with Gasteiger partial charge in [0.2, 0.25) is 0 Å². The molecule has 1 amide bonds. The Bertz CT molecular complexity index is 761. The van der Waals surface area contributed by atoms with Crippen molar-refractivity contribution >= 4 is 11.7 Å². The molecule has 1 fully saturated rings. The van der Waals surface area contributed by atoms with Crippen molar-refractivity contribution in [2.45, 2.75) is 44.9 Å². The number of fused-ring (bicyclic) bond motifs is 2. The van der Waals surface area contributed by atoms with E-state index in [0.717, 1.165) is 5.57 Å². The van der Waals surface area contributed by atoms with Crippen LogP contribution < -0.4 is 0 Å². The predicted molar refractivity (Wildman–Crippen MR) is 90.2 cm³/mol. The Morgan fingerprint density at radius 2 is 2.16 bits per heavy atom. The van der Waals surface area contributed by atoms with Gasteiger partial charge in [-0.2, -0.15) is 5.26 Å². The molecule has 0 aromatic heterocycles. The van der Waals surface area contributed by atoms with Gasteiger partial charge >= 0.3 is 6.09 Å². The third kappa shape index (κ3) is 3.67. The van der Waals surface area contributed by atoms with Gasteiger partial charge < -0.3 is 9.47 Å². The van der Waals surface area contributed by atoms with Gasteiger partial charge in [-0.3, -0.25) is 4.90 Å². The molecule has 2 heterocycles. The molecule has 2 aliphatic heterocycles. The highest BCUT2D eigenvalue weighted by molar-refractivity contribution is 5.75. The third-order valence-electron chi connectivity index (χ3n) is 4.25. The van der Waals surface area contributed by atoms with Crippen LogP contribution in [0.1, 0.15) is 38.3 Å². The van der Waals surface area contributed by atoms with Crippen LogP contribution in [0, 0.1) is 17.1 Å². The number of nitriles is 1. The van der Waals surface area contributed by atoms with Crippen molar-refractivity contribution in [3.63, 3.8) is 0 Å². The van der Waals surface area contributed by atoms with Gasteiger partial charge in [0, 0.05) is 5.56 Å². The Labute approximate surface area is 146 Å². The Balaban J connectivity index is 1.89. The molecular weight excluding hydrogens is 323 g/mol. The maximum Gasteiger partial charge on any atom is 0.411 e. The van der Waals surface area contributed by atoms with Crippen molar-refractivity contribution in [3.05, 3.63) is 41.2 Å². The van der Waals surface area contributed by atoms with Crippen LogP contribution in [0.5, 0.6) is 0 Å². The van der Waals surface area contributed by atoms with Gasteiger partial charge in [-0.1, -0.05) is 12.1 Å². The van der Waals surface area contributed by atoms with E-state index < -0.39 is 11.4 Å². The smallest absolute Gasteiger partial charge is 0.411 e. The van der Waals surface area contributed by atoms with Gasteiger partial charge in [-0.25, -0.2) is 9.18 Å². The summed E-state index contributed by atoms with van der Waals surface area (Å²) in [5.41, 5.74) is 1.02. The van der Waals surface area contributed by atoms with Crippen molar-refractivity contribution in [1.29, 1.82) is 5.26 Å². The molecule has 2 unspecified atom stereocenters. The van der Waals surface area contributed by atoms with Crippen molar-refractivity contribution in [1.82, 2.24) is 4.90 Å². The first-order valence-corrected chi connectivity index (χ1v) is 8.28. The minimum Gasteiger partial charge on any atom is -0.444 e. The van der Waals surface area contributed by atoms with Crippen LogP contribution >= 0.6 is 0 Å². The average Bonchev–Trinajstić information content (AvgIpc) is 2.51. The lowest BCUT2D eigenvalue weighted by Gasteiger charge is -2.44. The molecule has 132 valence electrons. The number of ether oxygens (including phenoxy) is 2. The van der Waals surface area contributed by atoms with Crippen molar-refractivity contribution in [3.8, 4) is 6.07 Å². The van der Waals surface area contributed by atoms with Gasteiger partial charge in [0.05, 0.1) is 36.9 Å². The first-order chi connectivity index (χ1) is 11.8. The van der Waals surface area contributed by atoms with E-state index >= 15 is 0 Å². The maximum atomic E-state index is 14.3. The second kappa shape index (κ2) is 6.49. The SMILES string of the molecule is CC(C)(C)OC(=O)N1C2C=C(c3ccc(C#N)cc3F)CC1COC2. The summed E-state index contributed by atoms with van der Waals surface area (Å²) in [6.07, 6.45) is 1.98. The number of hydrogen-bond donors (Lipinski definition) is 0. The second-order valence-corrected chi connectivity index (χ2v) is 7.35. The van der Waals surface area contributed by atoms with Gasteiger partial charge in [0.15, 0.2) is 0 Å². The molecule has 1 saturated heterocycles. The molecule has 1 aromatic carbocycles. The molecule has 3 rings (SSSR count). The fraction of sp³-hybridized carbons (Fsp3) is 0.474. The summed E-state index contributed by atoms with van der Waals surface area (Å²) in [6, 6.07) is 5.92. The van der Waals surface area contributed by atoms with E-state index in [2.05, 4.69) is 0 Å². The van der Waals surface area contributed by atoms with Gasteiger partial charge in [-0.15, -0.1) is 0 Å². The molecule has 0 aliphatic carbocycles. The summed E-state index contributed by atoms with van der Waals surface area (Å²) < 4.78 is 25.4. The molecule has 6 heteroatoms. The number of morpholine rings is 1. The van der Waals surface area contributed by atoms with Crippen LogP contribution in [0.25, 0.3) is 5.57 Å². The topological polar surface area (TPSA) is 62.6 Å². The summed E-state index contributed by atoms with van der Waals surface area (Å²) in [7, 11) is 0. The number of hydrogen-bond acceptors (Lipinski definition) is 4. The number of halogens is 1. The van der Waals surface area contributed by atoms with E-state index in [1.165, 1.54) is 6.07 Å². The van der Waals surface area contributed by atoms with Gasteiger partial charge in [0.1, 0.15) is 11.4 Å². The Kier molecular flexibility index (Phi) is 4.53. The zero-order valence-corrected chi connectivity index (χ0v) is 14.6. The quantitative estimate of drug-likeness (QED) is 0.782. The minimum absolute atomic E-state index is 0.191. The molecular formula is C19H21FN2O3. The normalized spacial score (nSPS) is 22.8. The van der Waals surface area contributed by atoms with Gasteiger partial charge in [0.25, 0.3) is 0 Å². The first-order valence-electron chi connectivity index (χ1n) is 8.28. The molecule has 0 spiro atoms.